The summed E-state index contributed by atoms with van der Waals surface area (Å²) in [6.07, 6.45) is 6.14. The average Bonchev–Trinajstić information content (AvgIpc) is 2.45. The maximum atomic E-state index is 12.2. The first-order valence-electron chi connectivity index (χ1n) is 7.00. The minimum Gasteiger partial charge on any atom is -0.496 e. The number of ether oxygens (including phenoxy) is 2. The quantitative estimate of drug-likeness (QED) is 0.761. The third kappa shape index (κ3) is 3.80. The molecule has 0 amide bonds. The molecule has 0 radical (unpaired) electrons. The SMILES string of the molecule is COc1cc(C)ccc1C(=O)COC1CCCCC1. The van der Waals surface area contributed by atoms with Gasteiger partial charge in [0.15, 0.2) is 5.78 Å². The Kier molecular flexibility index (Phi) is 4.97. The fourth-order valence-corrected chi connectivity index (χ4v) is 2.53. The van der Waals surface area contributed by atoms with Crippen molar-refractivity contribution in [1.29, 1.82) is 0 Å². The molecule has 0 N–H and O–H groups in total. The molecule has 1 aromatic rings. The molecule has 3 heteroatoms. The molecule has 1 fully saturated rings. The van der Waals surface area contributed by atoms with Crippen LogP contribution in [0.5, 0.6) is 5.75 Å². The van der Waals surface area contributed by atoms with Crippen LogP contribution in [0.1, 0.15) is 48.0 Å². The van der Waals surface area contributed by atoms with Gasteiger partial charge in [-0.1, -0.05) is 25.3 Å². The summed E-state index contributed by atoms with van der Waals surface area (Å²) >= 11 is 0. The molecule has 0 aromatic heterocycles. The van der Waals surface area contributed by atoms with Gasteiger partial charge in [0.05, 0.1) is 18.8 Å². The summed E-state index contributed by atoms with van der Waals surface area (Å²) in [5.74, 6) is 0.639. The van der Waals surface area contributed by atoms with Crippen molar-refractivity contribution in [3.63, 3.8) is 0 Å². The Morgan fingerprint density at radius 3 is 2.68 bits per heavy atom. The first-order chi connectivity index (χ1) is 9.20. The van der Waals surface area contributed by atoms with Gasteiger partial charge in [-0.05, 0) is 37.5 Å². The molecule has 0 saturated heterocycles. The van der Waals surface area contributed by atoms with Crippen LogP contribution in [0.15, 0.2) is 18.2 Å². The second-order valence-electron chi connectivity index (χ2n) is 5.20. The number of ketones is 1. The molecule has 3 nitrogen and oxygen atoms in total. The molecule has 0 heterocycles. The molecule has 1 saturated carbocycles. The summed E-state index contributed by atoms with van der Waals surface area (Å²) in [6, 6.07) is 5.63. The normalized spacial score (nSPS) is 16.3. The largest absolute Gasteiger partial charge is 0.496 e. The predicted molar refractivity (Wildman–Crippen MR) is 74.9 cm³/mol. The van der Waals surface area contributed by atoms with Crippen LogP contribution in [-0.2, 0) is 4.74 Å². The molecular formula is C16H22O3. The lowest BCUT2D eigenvalue weighted by atomic mass is 9.98. The topological polar surface area (TPSA) is 35.5 Å². The van der Waals surface area contributed by atoms with E-state index in [1.54, 1.807) is 7.11 Å². The third-order valence-electron chi connectivity index (χ3n) is 3.66. The fourth-order valence-electron chi connectivity index (χ4n) is 2.53. The van der Waals surface area contributed by atoms with Crippen molar-refractivity contribution in [3.05, 3.63) is 29.3 Å². The number of carbonyl (C=O) groups excluding carboxylic acids is 1. The number of rotatable bonds is 5. The highest BCUT2D eigenvalue weighted by Crippen LogP contribution is 2.23. The molecule has 0 atom stereocenters. The summed E-state index contributed by atoms with van der Waals surface area (Å²) in [4.78, 5) is 12.2. The minimum absolute atomic E-state index is 0.00224. The zero-order chi connectivity index (χ0) is 13.7. The van der Waals surface area contributed by atoms with Gasteiger partial charge in [-0.25, -0.2) is 0 Å². The first kappa shape index (κ1) is 14.1. The molecule has 19 heavy (non-hydrogen) atoms. The van der Waals surface area contributed by atoms with Crippen molar-refractivity contribution in [2.24, 2.45) is 0 Å². The van der Waals surface area contributed by atoms with Gasteiger partial charge in [0.2, 0.25) is 0 Å². The molecule has 1 aliphatic rings. The maximum Gasteiger partial charge on any atom is 0.192 e. The highest BCUT2D eigenvalue weighted by molar-refractivity contribution is 5.99. The van der Waals surface area contributed by atoms with Gasteiger partial charge in [0.25, 0.3) is 0 Å². The Labute approximate surface area is 114 Å². The second kappa shape index (κ2) is 6.71. The van der Waals surface area contributed by atoms with E-state index in [-0.39, 0.29) is 18.5 Å². The van der Waals surface area contributed by atoms with Crippen LogP contribution >= 0.6 is 0 Å². The maximum absolute atomic E-state index is 12.2. The lowest BCUT2D eigenvalue weighted by Gasteiger charge is -2.21. The number of hydrogen-bond acceptors (Lipinski definition) is 3. The van der Waals surface area contributed by atoms with Crippen LogP contribution in [0.2, 0.25) is 0 Å². The van der Waals surface area contributed by atoms with Crippen LogP contribution in [0, 0.1) is 6.92 Å². The summed E-state index contributed by atoms with van der Waals surface area (Å²) < 4.78 is 11.0. The van der Waals surface area contributed by atoms with Crippen molar-refractivity contribution in [2.75, 3.05) is 13.7 Å². The Balaban J connectivity index is 1.95. The van der Waals surface area contributed by atoms with E-state index in [2.05, 4.69) is 0 Å². The van der Waals surface area contributed by atoms with Gasteiger partial charge in [0, 0.05) is 0 Å². The van der Waals surface area contributed by atoms with E-state index in [9.17, 15) is 4.79 Å². The Bertz CT molecular complexity index is 434. The van der Waals surface area contributed by atoms with Gasteiger partial charge in [-0.15, -0.1) is 0 Å². The third-order valence-corrected chi connectivity index (χ3v) is 3.66. The van der Waals surface area contributed by atoms with Gasteiger partial charge in [-0.3, -0.25) is 4.79 Å². The summed E-state index contributed by atoms with van der Waals surface area (Å²) in [7, 11) is 1.59. The number of methoxy groups -OCH3 is 1. The molecule has 0 bridgehead atoms. The zero-order valence-corrected chi connectivity index (χ0v) is 11.8. The number of Topliss-reactive ketones (excluding diaryl/α,β-unsaturated/α-hetero) is 1. The van der Waals surface area contributed by atoms with Gasteiger partial charge >= 0.3 is 0 Å². The standard InChI is InChI=1S/C16H22O3/c1-12-8-9-14(16(10-12)18-2)15(17)11-19-13-6-4-3-5-7-13/h8-10,13H,3-7,11H2,1-2H3. The second-order valence-corrected chi connectivity index (χ2v) is 5.20. The minimum atomic E-state index is 0.00224. The summed E-state index contributed by atoms with van der Waals surface area (Å²) in [5, 5.41) is 0. The molecule has 1 aliphatic carbocycles. The Morgan fingerprint density at radius 2 is 2.00 bits per heavy atom. The summed E-state index contributed by atoms with van der Waals surface area (Å²) in [5.41, 5.74) is 1.70. The lowest BCUT2D eigenvalue weighted by molar-refractivity contribution is 0.0283. The van der Waals surface area contributed by atoms with Crippen LogP contribution in [0.3, 0.4) is 0 Å². The predicted octanol–water partition coefficient (Wildman–Crippen LogP) is 3.54. The monoisotopic (exact) mass is 262 g/mol. The van der Waals surface area contributed by atoms with Crippen molar-refractivity contribution < 1.29 is 14.3 Å². The fraction of sp³-hybridized carbons (Fsp3) is 0.562. The molecule has 104 valence electrons. The Morgan fingerprint density at radius 1 is 1.26 bits per heavy atom. The van der Waals surface area contributed by atoms with E-state index in [1.165, 1.54) is 19.3 Å². The highest BCUT2D eigenvalue weighted by Gasteiger charge is 2.17. The van der Waals surface area contributed by atoms with E-state index >= 15 is 0 Å². The molecule has 0 unspecified atom stereocenters. The highest BCUT2D eigenvalue weighted by atomic mass is 16.5. The average molecular weight is 262 g/mol. The van der Waals surface area contributed by atoms with Gasteiger partial charge in [-0.2, -0.15) is 0 Å². The van der Waals surface area contributed by atoms with Crippen molar-refractivity contribution in [3.8, 4) is 5.75 Å². The summed E-state index contributed by atoms with van der Waals surface area (Å²) in [6.45, 7) is 2.14. The molecular weight excluding hydrogens is 240 g/mol. The lowest BCUT2D eigenvalue weighted by Crippen LogP contribution is -2.21. The van der Waals surface area contributed by atoms with E-state index in [1.807, 2.05) is 25.1 Å². The molecule has 0 spiro atoms. The first-order valence-corrected chi connectivity index (χ1v) is 7.00. The Hall–Kier alpha value is -1.35. The van der Waals surface area contributed by atoms with Crippen molar-refractivity contribution >= 4 is 5.78 Å². The van der Waals surface area contributed by atoms with Crippen LogP contribution < -0.4 is 4.74 Å². The van der Waals surface area contributed by atoms with E-state index in [4.69, 9.17) is 9.47 Å². The smallest absolute Gasteiger partial charge is 0.192 e. The van der Waals surface area contributed by atoms with E-state index in [0.717, 1.165) is 18.4 Å². The van der Waals surface area contributed by atoms with Gasteiger partial charge in [0.1, 0.15) is 12.4 Å². The number of carbonyl (C=O) groups is 1. The van der Waals surface area contributed by atoms with Crippen molar-refractivity contribution in [1.82, 2.24) is 0 Å². The van der Waals surface area contributed by atoms with Crippen LogP contribution in [0.4, 0.5) is 0 Å². The van der Waals surface area contributed by atoms with Crippen molar-refractivity contribution in [2.45, 2.75) is 45.1 Å². The van der Waals surface area contributed by atoms with Crippen LogP contribution in [-0.4, -0.2) is 25.6 Å². The van der Waals surface area contributed by atoms with E-state index in [0.29, 0.717) is 11.3 Å². The van der Waals surface area contributed by atoms with E-state index < -0.39 is 0 Å². The molecule has 0 aliphatic heterocycles. The van der Waals surface area contributed by atoms with Crippen LogP contribution in [0.25, 0.3) is 0 Å². The molecule has 1 aromatic carbocycles. The van der Waals surface area contributed by atoms with Gasteiger partial charge < -0.3 is 9.47 Å². The number of aryl methyl sites for hydroxylation is 1. The number of benzene rings is 1. The molecule has 2 rings (SSSR count). The zero-order valence-electron chi connectivity index (χ0n) is 11.8. The number of hydrogen-bond donors (Lipinski definition) is 0.